The second-order valence-corrected chi connectivity index (χ2v) is 8.73. The summed E-state index contributed by atoms with van der Waals surface area (Å²) >= 11 is 5.42. The van der Waals surface area contributed by atoms with Crippen molar-refractivity contribution in [1.29, 1.82) is 0 Å². The molecular weight excluding hydrogens is 370 g/mol. The van der Waals surface area contributed by atoms with E-state index in [4.69, 9.17) is 21.9 Å². The lowest BCUT2D eigenvalue weighted by Gasteiger charge is -2.32. The SMILES string of the molecule is C[C@H]1CCCN(c2cc(Oc3ccccc3)nc(NC(=S)NC(C)(C)C)n2)C1. The van der Waals surface area contributed by atoms with Crippen LogP contribution in [0.3, 0.4) is 0 Å². The molecule has 1 aliphatic rings. The van der Waals surface area contributed by atoms with Gasteiger partial charge in [0.05, 0.1) is 0 Å². The summed E-state index contributed by atoms with van der Waals surface area (Å²) in [6, 6.07) is 11.5. The molecule has 0 unspecified atom stereocenters. The molecule has 28 heavy (non-hydrogen) atoms. The average Bonchev–Trinajstić information content (AvgIpc) is 2.60. The molecule has 2 aromatic rings. The standard InChI is InChI=1S/C21H29N5OS/c1-15-9-8-12-26(14-15)17-13-18(27-16-10-6-5-7-11-16)23-19(22-17)24-20(28)25-21(2,3)4/h5-7,10-11,13,15H,8-9,12,14H2,1-4H3,(H2,22,23,24,25,28)/t15-/m0/s1. The highest BCUT2D eigenvalue weighted by Crippen LogP contribution is 2.27. The van der Waals surface area contributed by atoms with E-state index < -0.39 is 0 Å². The van der Waals surface area contributed by atoms with Gasteiger partial charge in [0, 0.05) is 24.7 Å². The molecule has 0 aliphatic carbocycles. The van der Waals surface area contributed by atoms with Crippen molar-refractivity contribution < 1.29 is 4.74 Å². The molecular formula is C21H29N5OS. The van der Waals surface area contributed by atoms with E-state index in [-0.39, 0.29) is 5.54 Å². The first-order chi connectivity index (χ1) is 13.3. The van der Waals surface area contributed by atoms with Gasteiger partial charge in [0.25, 0.3) is 0 Å². The van der Waals surface area contributed by atoms with Crippen LogP contribution in [0, 0.1) is 5.92 Å². The van der Waals surface area contributed by atoms with Crippen molar-refractivity contribution in [3.63, 3.8) is 0 Å². The first kappa shape index (κ1) is 20.3. The summed E-state index contributed by atoms with van der Waals surface area (Å²) in [5.41, 5.74) is -0.145. The number of piperidine rings is 1. The normalized spacial score (nSPS) is 17.1. The van der Waals surface area contributed by atoms with E-state index in [0.717, 1.165) is 31.1 Å². The average molecular weight is 400 g/mol. The number of ether oxygens (including phenoxy) is 1. The Morgan fingerprint density at radius 2 is 1.96 bits per heavy atom. The van der Waals surface area contributed by atoms with Crippen molar-refractivity contribution >= 4 is 29.1 Å². The quantitative estimate of drug-likeness (QED) is 0.729. The van der Waals surface area contributed by atoms with Crippen LogP contribution in [0.25, 0.3) is 0 Å². The molecule has 1 aliphatic heterocycles. The van der Waals surface area contributed by atoms with Crippen molar-refractivity contribution in [3.8, 4) is 11.6 Å². The molecule has 2 heterocycles. The number of hydrogen-bond donors (Lipinski definition) is 2. The lowest BCUT2D eigenvalue weighted by molar-refractivity contribution is 0.440. The zero-order valence-corrected chi connectivity index (χ0v) is 17.8. The van der Waals surface area contributed by atoms with Gasteiger partial charge in [-0.2, -0.15) is 9.97 Å². The molecule has 1 saturated heterocycles. The predicted octanol–water partition coefficient (Wildman–Crippen LogP) is 4.59. The Morgan fingerprint density at radius 3 is 2.64 bits per heavy atom. The molecule has 0 spiro atoms. The summed E-state index contributed by atoms with van der Waals surface area (Å²) in [6.45, 7) is 10.4. The maximum Gasteiger partial charge on any atom is 0.234 e. The predicted molar refractivity (Wildman–Crippen MR) is 118 cm³/mol. The smallest absolute Gasteiger partial charge is 0.234 e. The molecule has 7 heteroatoms. The molecule has 1 atom stereocenters. The Labute approximate surface area is 172 Å². The van der Waals surface area contributed by atoms with Crippen LogP contribution in [-0.4, -0.2) is 33.7 Å². The molecule has 150 valence electrons. The van der Waals surface area contributed by atoms with Crippen LogP contribution in [0.5, 0.6) is 11.6 Å². The first-order valence-electron chi connectivity index (χ1n) is 9.74. The Balaban J connectivity index is 1.86. The number of nitrogens with zero attached hydrogens (tertiary/aromatic N) is 3. The van der Waals surface area contributed by atoms with Gasteiger partial charge < -0.3 is 20.3 Å². The summed E-state index contributed by atoms with van der Waals surface area (Å²) < 4.78 is 5.98. The van der Waals surface area contributed by atoms with Gasteiger partial charge in [-0.1, -0.05) is 25.1 Å². The highest BCUT2D eigenvalue weighted by Gasteiger charge is 2.20. The highest BCUT2D eigenvalue weighted by atomic mass is 32.1. The van der Waals surface area contributed by atoms with Crippen LogP contribution in [0.1, 0.15) is 40.5 Å². The van der Waals surface area contributed by atoms with Crippen LogP contribution < -0.4 is 20.3 Å². The van der Waals surface area contributed by atoms with Crippen LogP contribution in [0.15, 0.2) is 36.4 Å². The Kier molecular flexibility index (Phi) is 6.34. The molecule has 2 N–H and O–H groups in total. The number of hydrogen-bond acceptors (Lipinski definition) is 5. The zero-order chi connectivity index (χ0) is 20.1. The molecule has 3 rings (SSSR count). The summed E-state index contributed by atoms with van der Waals surface area (Å²) in [5, 5.41) is 6.82. The largest absolute Gasteiger partial charge is 0.439 e. The van der Waals surface area contributed by atoms with Gasteiger partial charge in [-0.25, -0.2) is 0 Å². The monoisotopic (exact) mass is 399 g/mol. The summed E-state index contributed by atoms with van der Waals surface area (Å²) in [7, 11) is 0. The summed E-state index contributed by atoms with van der Waals surface area (Å²) in [4.78, 5) is 11.5. The van der Waals surface area contributed by atoms with Gasteiger partial charge in [0.1, 0.15) is 11.6 Å². The van der Waals surface area contributed by atoms with E-state index in [9.17, 15) is 0 Å². The second-order valence-electron chi connectivity index (χ2n) is 8.33. The van der Waals surface area contributed by atoms with E-state index in [1.165, 1.54) is 6.42 Å². The molecule has 1 fully saturated rings. The topological polar surface area (TPSA) is 62.3 Å². The first-order valence-corrected chi connectivity index (χ1v) is 10.2. The number of nitrogens with one attached hydrogen (secondary N) is 2. The molecule has 0 radical (unpaired) electrons. The van der Waals surface area contributed by atoms with E-state index in [1.54, 1.807) is 0 Å². The summed E-state index contributed by atoms with van der Waals surface area (Å²) in [6.07, 6.45) is 2.41. The Bertz CT molecular complexity index is 806. The fourth-order valence-corrected chi connectivity index (χ4v) is 3.56. The van der Waals surface area contributed by atoms with Crippen LogP contribution in [-0.2, 0) is 0 Å². The molecule has 1 aromatic carbocycles. The Morgan fingerprint density at radius 1 is 1.21 bits per heavy atom. The van der Waals surface area contributed by atoms with Crippen molar-refractivity contribution in [2.75, 3.05) is 23.3 Å². The number of rotatable bonds is 4. The molecule has 0 bridgehead atoms. The van der Waals surface area contributed by atoms with Crippen molar-refractivity contribution in [2.24, 2.45) is 5.92 Å². The number of benzene rings is 1. The molecule has 6 nitrogen and oxygen atoms in total. The highest BCUT2D eigenvalue weighted by molar-refractivity contribution is 7.80. The second kappa shape index (κ2) is 8.73. The number of para-hydroxylation sites is 1. The van der Waals surface area contributed by atoms with Gasteiger partial charge in [0.2, 0.25) is 11.8 Å². The zero-order valence-electron chi connectivity index (χ0n) is 17.0. The lowest BCUT2D eigenvalue weighted by Crippen LogP contribution is -2.43. The van der Waals surface area contributed by atoms with Crippen molar-refractivity contribution in [2.45, 2.75) is 46.1 Å². The Hall–Kier alpha value is -2.41. The van der Waals surface area contributed by atoms with Gasteiger partial charge in [-0.05, 0) is 63.9 Å². The van der Waals surface area contributed by atoms with Gasteiger partial charge in [-0.15, -0.1) is 0 Å². The van der Waals surface area contributed by atoms with Crippen molar-refractivity contribution in [3.05, 3.63) is 36.4 Å². The third kappa shape index (κ3) is 6.05. The van der Waals surface area contributed by atoms with Crippen molar-refractivity contribution in [1.82, 2.24) is 15.3 Å². The minimum atomic E-state index is -0.145. The van der Waals surface area contributed by atoms with Crippen LogP contribution in [0.4, 0.5) is 11.8 Å². The fraction of sp³-hybridized carbons (Fsp3) is 0.476. The minimum Gasteiger partial charge on any atom is -0.439 e. The van der Waals surface area contributed by atoms with E-state index in [1.807, 2.05) is 36.4 Å². The van der Waals surface area contributed by atoms with Crippen LogP contribution >= 0.6 is 12.2 Å². The maximum atomic E-state index is 5.98. The van der Waals surface area contributed by atoms with Gasteiger partial charge >= 0.3 is 0 Å². The molecule has 0 saturated carbocycles. The summed E-state index contributed by atoms with van der Waals surface area (Å²) in [5.74, 6) is 3.16. The third-order valence-corrected chi connectivity index (χ3v) is 4.55. The number of anilines is 2. The third-order valence-electron chi connectivity index (χ3n) is 4.35. The van der Waals surface area contributed by atoms with E-state index in [2.05, 4.69) is 48.2 Å². The molecule has 0 amide bonds. The van der Waals surface area contributed by atoms with Gasteiger partial charge in [-0.3, -0.25) is 0 Å². The molecule has 1 aromatic heterocycles. The fourth-order valence-electron chi connectivity index (χ4n) is 3.16. The minimum absolute atomic E-state index is 0.145. The van der Waals surface area contributed by atoms with E-state index in [0.29, 0.717) is 22.9 Å². The maximum absolute atomic E-state index is 5.98. The number of thiocarbonyl (C=S) groups is 1. The number of aromatic nitrogens is 2. The van der Waals surface area contributed by atoms with Gasteiger partial charge in [0.15, 0.2) is 5.11 Å². The van der Waals surface area contributed by atoms with E-state index >= 15 is 0 Å². The lowest BCUT2D eigenvalue weighted by atomic mass is 10.0. The van der Waals surface area contributed by atoms with Crippen LogP contribution in [0.2, 0.25) is 0 Å².